The number of benzene rings is 3. The lowest BCUT2D eigenvalue weighted by molar-refractivity contribution is -0.140. The number of nitrogens with one attached hydrogen (secondary N) is 1. The van der Waals surface area contributed by atoms with Crippen molar-refractivity contribution >= 4 is 50.1 Å². The first-order valence-corrected chi connectivity index (χ1v) is 19.8. The van der Waals surface area contributed by atoms with Crippen molar-refractivity contribution < 1.29 is 45.5 Å². The smallest absolute Gasteiger partial charge is 0.370 e. The van der Waals surface area contributed by atoms with E-state index in [1.165, 1.54) is 36.1 Å². The van der Waals surface area contributed by atoms with E-state index >= 15 is 0 Å². The van der Waals surface area contributed by atoms with Crippen molar-refractivity contribution in [2.24, 2.45) is 13.0 Å². The monoisotopic (exact) mass is 850 g/mol. The minimum Gasteiger partial charge on any atom is -0.370 e. The quantitative estimate of drug-likeness (QED) is 0.119. The maximum absolute atomic E-state index is 13.8. The second-order valence-corrected chi connectivity index (χ2v) is 16.0. The first kappa shape index (κ1) is 47.9. The molecule has 8 nitrogen and oxygen atoms in total. The van der Waals surface area contributed by atoms with E-state index in [0.717, 1.165) is 29.2 Å². The number of aromatic nitrogens is 2. The number of ketones is 1. The predicted octanol–water partition coefficient (Wildman–Crippen LogP) is 11.1. The highest BCUT2D eigenvalue weighted by Crippen LogP contribution is 2.36. The van der Waals surface area contributed by atoms with E-state index in [1.807, 2.05) is 58.0 Å². The minimum atomic E-state index is -4.82. The van der Waals surface area contributed by atoms with Gasteiger partial charge >= 0.3 is 6.18 Å². The number of amides is 2. The maximum atomic E-state index is 13.8. The van der Waals surface area contributed by atoms with Gasteiger partial charge < -0.3 is 10.1 Å². The van der Waals surface area contributed by atoms with Crippen molar-refractivity contribution in [1.29, 1.82) is 0 Å². The van der Waals surface area contributed by atoms with Crippen LogP contribution in [0.25, 0.3) is 11.3 Å². The van der Waals surface area contributed by atoms with E-state index in [1.54, 1.807) is 26.1 Å². The third-order valence-corrected chi connectivity index (χ3v) is 10.1. The number of hydrogen-bond donors (Lipinski definition) is 1. The normalized spacial score (nSPS) is 13.5. The lowest BCUT2D eigenvalue weighted by Crippen LogP contribution is -2.25. The Hall–Kier alpha value is -4.46. The third kappa shape index (κ3) is 13.6. The molecule has 16 heteroatoms. The second kappa shape index (κ2) is 20.5. The number of anilines is 2. The molecule has 1 saturated heterocycles. The van der Waals surface area contributed by atoms with Crippen LogP contribution in [0.1, 0.15) is 85.1 Å². The fourth-order valence-corrected chi connectivity index (χ4v) is 6.42. The van der Waals surface area contributed by atoms with Gasteiger partial charge in [0.05, 0.1) is 34.3 Å². The fraction of sp³-hybridized carbons (Fsp3) is 0.381. The summed E-state index contributed by atoms with van der Waals surface area (Å²) >= 11 is 1.37. The average molecular weight is 851 g/mol. The summed E-state index contributed by atoms with van der Waals surface area (Å²) in [7, 11) is 3.07. The molecule has 58 heavy (non-hydrogen) atoms. The SMILES string of the molecule is C=C1SCC(=O)N1c1cc(C)ccc1COCC(F)(F)P.CCC(C)C(C)=O.Cc1cc(-c2cc(NC(=O)c3ccc(C(F)(F)F)c(F)c3)n(C)n2)ccc1C(C)C. The summed E-state index contributed by atoms with van der Waals surface area (Å²) in [6, 6.07) is 15.2. The van der Waals surface area contributed by atoms with Crippen molar-refractivity contribution in [2.45, 2.75) is 79.3 Å². The highest BCUT2D eigenvalue weighted by molar-refractivity contribution is 8.04. The summed E-state index contributed by atoms with van der Waals surface area (Å²) in [6.45, 7) is 16.9. The predicted molar refractivity (Wildman–Crippen MR) is 222 cm³/mol. The maximum Gasteiger partial charge on any atom is 0.419 e. The molecule has 1 fully saturated rings. The van der Waals surface area contributed by atoms with Gasteiger partial charge in [0.1, 0.15) is 24.0 Å². The zero-order valence-electron chi connectivity index (χ0n) is 33.7. The molecule has 1 aromatic heterocycles. The molecule has 2 atom stereocenters. The lowest BCUT2D eigenvalue weighted by atomic mass is 9.95. The molecule has 1 aliphatic heterocycles. The fourth-order valence-electron chi connectivity index (χ4n) is 5.55. The Kier molecular flexibility index (Phi) is 16.9. The van der Waals surface area contributed by atoms with E-state index in [4.69, 9.17) is 4.74 Å². The molecule has 1 N–H and O–H groups in total. The summed E-state index contributed by atoms with van der Waals surface area (Å²) < 4.78 is 83.9. The van der Waals surface area contributed by atoms with Crippen LogP contribution in [0.3, 0.4) is 0 Å². The Morgan fingerprint density at radius 1 is 1.02 bits per heavy atom. The number of Topliss-reactive ketones (excluding diaryl/α,β-unsaturated/α-hetero) is 1. The third-order valence-electron chi connectivity index (χ3n) is 9.05. The van der Waals surface area contributed by atoms with Gasteiger partial charge in [0.2, 0.25) is 5.91 Å². The van der Waals surface area contributed by atoms with Crippen LogP contribution < -0.4 is 10.2 Å². The summed E-state index contributed by atoms with van der Waals surface area (Å²) in [5, 5.41) is 7.59. The highest BCUT2D eigenvalue weighted by Gasteiger charge is 2.34. The summed E-state index contributed by atoms with van der Waals surface area (Å²) in [4.78, 5) is 36.3. The molecule has 0 aliphatic carbocycles. The number of carbonyl (C=O) groups is 3. The molecule has 4 aromatic rings. The zero-order valence-corrected chi connectivity index (χ0v) is 35.7. The van der Waals surface area contributed by atoms with Crippen LogP contribution in [0.4, 0.5) is 37.8 Å². The van der Waals surface area contributed by atoms with E-state index in [-0.39, 0.29) is 24.0 Å². The molecule has 1 aliphatic rings. The average Bonchev–Trinajstić information content (AvgIpc) is 3.66. The van der Waals surface area contributed by atoms with Gasteiger partial charge in [-0.05, 0) is 80.1 Å². The molecule has 0 radical (unpaired) electrons. The largest absolute Gasteiger partial charge is 0.419 e. The number of nitrogens with zero attached hydrogens (tertiary/aromatic N) is 3. The van der Waals surface area contributed by atoms with Crippen LogP contribution >= 0.6 is 21.0 Å². The zero-order chi connectivity index (χ0) is 43.7. The number of alkyl halides is 5. The van der Waals surface area contributed by atoms with Crippen LogP contribution in [0, 0.1) is 25.6 Å². The van der Waals surface area contributed by atoms with Crippen molar-refractivity contribution in [1.82, 2.24) is 9.78 Å². The Morgan fingerprint density at radius 3 is 2.19 bits per heavy atom. The molecule has 5 rings (SSSR count). The Labute approximate surface area is 342 Å². The van der Waals surface area contributed by atoms with E-state index in [0.29, 0.717) is 57.4 Å². The van der Waals surface area contributed by atoms with Gasteiger partial charge in [-0.25, -0.2) is 4.39 Å². The van der Waals surface area contributed by atoms with Crippen LogP contribution in [-0.2, 0) is 34.2 Å². The number of aryl methyl sites for hydroxylation is 3. The van der Waals surface area contributed by atoms with Crippen LogP contribution in [0.2, 0.25) is 0 Å². The van der Waals surface area contributed by atoms with Gasteiger partial charge in [-0.15, -0.1) is 0 Å². The van der Waals surface area contributed by atoms with Crippen LogP contribution in [0.15, 0.2) is 72.3 Å². The second-order valence-electron chi connectivity index (χ2n) is 14.1. The number of carbonyl (C=O) groups excluding carboxylic acids is 3. The van der Waals surface area contributed by atoms with Crippen LogP contribution in [-0.4, -0.2) is 45.4 Å². The molecule has 0 bridgehead atoms. The number of ether oxygens (including phenoxy) is 1. The van der Waals surface area contributed by atoms with Crippen molar-refractivity contribution in [3.63, 3.8) is 0 Å². The molecular weight excluding hydrogens is 802 g/mol. The first-order chi connectivity index (χ1) is 26.9. The molecule has 2 unspecified atom stereocenters. The van der Waals surface area contributed by atoms with Crippen molar-refractivity contribution in [2.75, 3.05) is 22.6 Å². The number of thioether (sulfide) groups is 1. The Morgan fingerprint density at radius 2 is 1.69 bits per heavy atom. The van der Waals surface area contributed by atoms with E-state index in [2.05, 4.69) is 30.8 Å². The topological polar surface area (TPSA) is 93.5 Å². The molecule has 2 amide bonds. The van der Waals surface area contributed by atoms with Gasteiger partial charge in [-0.1, -0.05) is 79.5 Å². The van der Waals surface area contributed by atoms with E-state index in [9.17, 15) is 40.7 Å². The van der Waals surface area contributed by atoms with E-state index < -0.39 is 35.7 Å². The van der Waals surface area contributed by atoms with Gasteiger partial charge in [0.15, 0.2) is 0 Å². The molecular formula is C42H49F6N4O4PS. The van der Waals surface area contributed by atoms with Gasteiger partial charge in [-0.2, -0.15) is 27.1 Å². The minimum absolute atomic E-state index is 0.0152. The highest BCUT2D eigenvalue weighted by atomic mass is 32.2. The van der Waals surface area contributed by atoms with Gasteiger partial charge in [-0.3, -0.25) is 24.0 Å². The number of halogens is 6. The van der Waals surface area contributed by atoms with Crippen molar-refractivity contribution in [3.05, 3.63) is 111 Å². The number of hydrogen-bond acceptors (Lipinski definition) is 6. The molecule has 3 aromatic carbocycles. The Balaban J connectivity index is 0.000000278. The summed E-state index contributed by atoms with van der Waals surface area (Å²) in [6.07, 6.45) is -3.85. The lowest BCUT2D eigenvalue weighted by Gasteiger charge is -2.21. The molecule has 2 heterocycles. The standard InChI is InChI=1S/C22H21F4N3O.C14H16F2NO2PS.C6H12O/c1-12(2)16-7-5-14(9-13(16)3)19-11-20(29(4)28-19)27-21(30)15-6-8-17(18(23)10-15)22(24,25)26;1-9-3-4-11(6-19-8-14(15,16)20)12(5-9)17-10(2)21-7-13(17)18;1-4-5(2)6(3)7/h5-12H,1-4H3,(H,27,30);3-5H,2,6-8,20H2,1H3;5H,4H2,1-3H3. The van der Waals surface area contributed by atoms with Crippen LogP contribution in [0.5, 0.6) is 0 Å². The summed E-state index contributed by atoms with van der Waals surface area (Å²) in [5.41, 5.74) is 1.58. The summed E-state index contributed by atoms with van der Waals surface area (Å²) in [5.74, 6) is -0.667. The molecule has 314 valence electrons. The molecule has 0 spiro atoms. The number of rotatable bonds is 11. The first-order valence-electron chi connectivity index (χ1n) is 18.3. The van der Waals surface area contributed by atoms with Gasteiger partial charge in [0, 0.05) is 35.7 Å². The van der Waals surface area contributed by atoms with Crippen molar-refractivity contribution in [3.8, 4) is 11.3 Å². The Bertz CT molecular complexity index is 2100. The van der Waals surface area contributed by atoms with Gasteiger partial charge in [0.25, 0.3) is 11.6 Å². The molecule has 0 saturated carbocycles.